The highest BCUT2D eigenvalue weighted by Gasteiger charge is 2.51. The van der Waals surface area contributed by atoms with Crippen molar-refractivity contribution >= 4 is 11.9 Å². The number of hydrogen-bond donors (Lipinski definition) is 1. The molecule has 188 valence electrons. The number of fused-ring (bicyclic) bond motifs is 1. The van der Waals surface area contributed by atoms with Crippen LogP contribution in [0.15, 0.2) is 11.6 Å². The highest BCUT2D eigenvalue weighted by atomic mass is 16.2. The predicted octanol–water partition coefficient (Wildman–Crippen LogP) is 4.52. The lowest BCUT2D eigenvalue weighted by Gasteiger charge is -2.57. The summed E-state index contributed by atoms with van der Waals surface area (Å²) in [6, 6.07) is 0.0772. The molecule has 2 atom stereocenters. The lowest BCUT2D eigenvalue weighted by molar-refractivity contribution is -0.133. The summed E-state index contributed by atoms with van der Waals surface area (Å²) >= 11 is 0. The minimum absolute atomic E-state index is 0.0772. The first-order chi connectivity index (χ1) is 15.9. The van der Waals surface area contributed by atoms with Crippen molar-refractivity contribution in [3.63, 3.8) is 0 Å². The molecule has 4 rings (SSSR count). The van der Waals surface area contributed by atoms with Crippen LogP contribution >= 0.6 is 0 Å². The van der Waals surface area contributed by atoms with E-state index < -0.39 is 0 Å². The van der Waals surface area contributed by atoms with Crippen molar-refractivity contribution in [1.29, 1.82) is 0 Å². The van der Waals surface area contributed by atoms with E-state index in [0.29, 0.717) is 23.7 Å². The standard InChI is InChI=1S/C27H48N4O2/c1-5-7-9-10-25(32)30-17-14-29(15-18-30)16-19-31(26(33)28-13-8-6-2)21-22-11-12-23-20-24(22)27(23,3)4/h11,23-24H,5-10,12-21H2,1-4H3,(H,28,33). The average Bonchev–Trinajstić information content (AvgIpc) is 2.82. The second-order valence-corrected chi connectivity index (χ2v) is 11.0. The van der Waals surface area contributed by atoms with Gasteiger partial charge in [-0.05, 0) is 42.9 Å². The smallest absolute Gasteiger partial charge is 0.317 e. The fourth-order valence-electron chi connectivity index (χ4n) is 5.78. The quantitative estimate of drug-likeness (QED) is 0.344. The van der Waals surface area contributed by atoms with E-state index in [4.69, 9.17) is 0 Å². The SMILES string of the molecule is CCCCCC(=O)N1CCN(CCN(CC2=CCC3CC2C3(C)C)C(=O)NCCCC)CC1. The second-order valence-electron chi connectivity index (χ2n) is 11.0. The van der Waals surface area contributed by atoms with Crippen LogP contribution in [0.1, 0.15) is 79.1 Å². The summed E-state index contributed by atoms with van der Waals surface area (Å²) in [6.45, 7) is 15.7. The molecule has 0 aromatic rings. The number of rotatable bonds is 12. The zero-order valence-corrected chi connectivity index (χ0v) is 21.7. The number of nitrogens with one attached hydrogen (secondary N) is 1. The third kappa shape index (κ3) is 6.74. The average molecular weight is 461 g/mol. The Morgan fingerprint density at radius 2 is 1.82 bits per heavy atom. The van der Waals surface area contributed by atoms with Crippen LogP contribution in [0.4, 0.5) is 4.79 Å². The van der Waals surface area contributed by atoms with Crippen LogP contribution in [0.3, 0.4) is 0 Å². The molecular weight excluding hydrogens is 412 g/mol. The number of carbonyl (C=O) groups excluding carboxylic acids is 2. The Morgan fingerprint density at radius 1 is 1.09 bits per heavy atom. The number of piperazine rings is 1. The van der Waals surface area contributed by atoms with Gasteiger partial charge in [-0.2, -0.15) is 0 Å². The first-order valence-electron chi connectivity index (χ1n) is 13.6. The van der Waals surface area contributed by atoms with Gasteiger partial charge in [0.05, 0.1) is 0 Å². The van der Waals surface area contributed by atoms with Crippen LogP contribution in [0.25, 0.3) is 0 Å². The largest absolute Gasteiger partial charge is 0.340 e. The molecule has 2 unspecified atom stereocenters. The number of nitrogens with zero attached hydrogens (tertiary/aromatic N) is 3. The van der Waals surface area contributed by atoms with Crippen molar-refractivity contribution in [2.75, 3.05) is 52.4 Å². The molecule has 1 heterocycles. The number of amides is 3. The Hall–Kier alpha value is -1.56. The Labute approximate surface area is 202 Å². The molecule has 2 bridgehead atoms. The van der Waals surface area contributed by atoms with Gasteiger partial charge in [0.15, 0.2) is 0 Å². The van der Waals surface area contributed by atoms with Gasteiger partial charge in [-0.1, -0.05) is 58.6 Å². The molecule has 4 aliphatic rings. The first kappa shape index (κ1) is 26.1. The van der Waals surface area contributed by atoms with E-state index in [-0.39, 0.29) is 6.03 Å². The number of allylic oxidation sites excluding steroid dienone is 1. The van der Waals surface area contributed by atoms with E-state index in [0.717, 1.165) is 90.4 Å². The molecular formula is C27H48N4O2. The van der Waals surface area contributed by atoms with Gasteiger partial charge in [-0.15, -0.1) is 0 Å². The van der Waals surface area contributed by atoms with Crippen molar-refractivity contribution in [2.45, 2.75) is 79.1 Å². The molecule has 6 heteroatoms. The maximum atomic E-state index is 13.0. The maximum Gasteiger partial charge on any atom is 0.317 e. The molecule has 1 aliphatic heterocycles. The van der Waals surface area contributed by atoms with Gasteiger partial charge in [0.1, 0.15) is 0 Å². The summed E-state index contributed by atoms with van der Waals surface area (Å²) in [5.41, 5.74) is 1.85. The van der Waals surface area contributed by atoms with E-state index in [1.165, 1.54) is 18.4 Å². The number of unbranched alkanes of at least 4 members (excludes halogenated alkanes) is 3. The van der Waals surface area contributed by atoms with Crippen LogP contribution in [0, 0.1) is 17.3 Å². The number of hydrogen-bond acceptors (Lipinski definition) is 3. The van der Waals surface area contributed by atoms with Crippen molar-refractivity contribution in [2.24, 2.45) is 17.3 Å². The summed E-state index contributed by atoms with van der Waals surface area (Å²) in [7, 11) is 0. The maximum absolute atomic E-state index is 13.0. The monoisotopic (exact) mass is 460 g/mol. The number of carbonyl (C=O) groups is 2. The van der Waals surface area contributed by atoms with Crippen molar-refractivity contribution < 1.29 is 9.59 Å². The predicted molar refractivity (Wildman–Crippen MR) is 135 cm³/mol. The lowest BCUT2D eigenvalue weighted by Crippen LogP contribution is -2.53. The molecule has 3 aliphatic carbocycles. The zero-order chi connectivity index (χ0) is 23.8. The van der Waals surface area contributed by atoms with Gasteiger partial charge < -0.3 is 15.1 Å². The summed E-state index contributed by atoms with van der Waals surface area (Å²) < 4.78 is 0. The Kier molecular flexibility index (Phi) is 9.66. The Bertz CT molecular complexity index is 682. The van der Waals surface area contributed by atoms with Gasteiger partial charge in [-0.3, -0.25) is 9.69 Å². The highest BCUT2D eigenvalue weighted by molar-refractivity contribution is 5.76. The molecule has 0 radical (unpaired) electrons. The van der Waals surface area contributed by atoms with Gasteiger partial charge >= 0.3 is 6.03 Å². The van der Waals surface area contributed by atoms with Crippen LogP contribution in [0.5, 0.6) is 0 Å². The van der Waals surface area contributed by atoms with Crippen LogP contribution in [-0.2, 0) is 4.79 Å². The molecule has 0 spiro atoms. The minimum Gasteiger partial charge on any atom is -0.340 e. The third-order valence-electron chi connectivity index (χ3n) is 8.46. The summed E-state index contributed by atoms with van der Waals surface area (Å²) in [6.07, 6.45) is 11.0. The van der Waals surface area contributed by atoms with Gasteiger partial charge in [-0.25, -0.2) is 4.79 Å². The molecule has 1 N–H and O–H groups in total. The Morgan fingerprint density at radius 3 is 2.45 bits per heavy atom. The molecule has 3 amide bonds. The topological polar surface area (TPSA) is 55.9 Å². The molecule has 6 nitrogen and oxygen atoms in total. The van der Waals surface area contributed by atoms with Crippen LogP contribution < -0.4 is 5.32 Å². The van der Waals surface area contributed by atoms with Crippen LogP contribution in [-0.4, -0.2) is 79.0 Å². The highest BCUT2D eigenvalue weighted by Crippen LogP contribution is 2.59. The first-order valence-corrected chi connectivity index (χ1v) is 13.6. The Balaban J connectivity index is 1.49. The van der Waals surface area contributed by atoms with Gasteiger partial charge in [0.25, 0.3) is 0 Å². The van der Waals surface area contributed by atoms with Crippen LogP contribution in [0.2, 0.25) is 0 Å². The van der Waals surface area contributed by atoms with E-state index in [9.17, 15) is 9.59 Å². The van der Waals surface area contributed by atoms with E-state index in [1.54, 1.807) is 0 Å². The molecule has 33 heavy (non-hydrogen) atoms. The fourth-order valence-corrected chi connectivity index (χ4v) is 5.78. The third-order valence-corrected chi connectivity index (χ3v) is 8.46. The molecule has 2 fully saturated rings. The molecule has 0 aromatic carbocycles. The van der Waals surface area contributed by atoms with E-state index >= 15 is 0 Å². The van der Waals surface area contributed by atoms with E-state index in [1.807, 2.05) is 9.80 Å². The molecule has 0 aromatic heterocycles. The summed E-state index contributed by atoms with van der Waals surface area (Å²) in [5.74, 6) is 1.76. The normalized spacial score (nSPS) is 24.1. The van der Waals surface area contributed by atoms with Crippen molar-refractivity contribution in [3.8, 4) is 0 Å². The number of urea groups is 1. The van der Waals surface area contributed by atoms with Crippen molar-refractivity contribution in [1.82, 2.24) is 20.0 Å². The van der Waals surface area contributed by atoms with E-state index in [2.05, 4.69) is 44.0 Å². The van der Waals surface area contributed by atoms with Gasteiger partial charge in [0, 0.05) is 58.8 Å². The fraction of sp³-hybridized carbons (Fsp3) is 0.852. The summed E-state index contributed by atoms with van der Waals surface area (Å²) in [5, 5.41) is 3.14. The summed E-state index contributed by atoms with van der Waals surface area (Å²) in [4.78, 5) is 31.9. The van der Waals surface area contributed by atoms with Crippen molar-refractivity contribution in [3.05, 3.63) is 11.6 Å². The second kappa shape index (κ2) is 12.2. The lowest BCUT2D eigenvalue weighted by atomic mass is 9.49. The zero-order valence-electron chi connectivity index (χ0n) is 21.7. The molecule has 1 saturated carbocycles. The molecule has 1 saturated heterocycles. The van der Waals surface area contributed by atoms with Gasteiger partial charge in [0.2, 0.25) is 5.91 Å². The minimum atomic E-state index is 0.0772.